The zero-order chi connectivity index (χ0) is 16.4. The summed E-state index contributed by atoms with van der Waals surface area (Å²) in [5.41, 5.74) is 2.18. The Morgan fingerprint density at radius 1 is 1.26 bits per heavy atom. The molecular weight excluding hydrogens is 335 g/mol. The molecule has 0 atom stereocenters. The van der Waals surface area contributed by atoms with E-state index in [-0.39, 0.29) is 11.7 Å². The molecule has 1 aliphatic rings. The Balaban J connectivity index is 1.88. The summed E-state index contributed by atoms with van der Waals surface area (Å²) in [4.78, 5) is 16.9. The van der Waals surface area contributed by atoms with Gasteiger partial charge in [0, 0.05) is 5.02 Å². The lowest BCUT2D eigenvalue weighted by Crippen LogP contribution is -2.19. The maximum Gasteiger partial charge on any atom is 0.264 e. The van der Waals surface area contributed by atoms with Crippen LogP contribution in [0.5, 0.6) is 0 Å². The van der Waals surface area contributed by atoms with E-state index >= 15 is 0 Å². The van der Waals surface area contributed by atoms with Crippen LogP contribution in [-0.4, -0.2) is 11.1 Å². The molecule has 6 heteroatoms. The molecule has 0 aliphatic carbocycles. The molecule has 1 N–H and O–H groups in total. The van der Waals surface area contributed by atoms with Gasteiger partial charge in [-0.15, -0.1) is 0 Å². The van der Waals surface area contributed by atoms with Gasteiger partial charge in [-0.25, -0.2) is 9.38 Å². The fourth-order valence-electron chi connectivity index (χ4n) is 2.05. The number of nitrogens with one attached hydrogen (secondary N) is 1. The number of aliphatic imine (C=N–C) groups is 1. The van der Waals surface area contributed by atoms with Crippen LogP contribution in [0.25, 0.3) is 6.08 Å². The standard InChI is InChI=1S/C17H12ClFN2OS/c1-10-13(18)6-3-7-14(10)20-17-21-16(22)15(23-17)9-11-4-2-5-12(19)8-11/h2-9H,1H3,(H,20,21,22)/b15-9+. The van der Waals surface area contributed by atoms with E-state index in [0.717, 1.165) is 5.56 Å². The molecule has 2 aromatic carbocycles. The van der Waals surface area contributed by atoms with Crippen molar-refractivity contribution in [2.45, 2.75) is 6.92 Å². The molecular formula is C17H12ClFN2OS. The van der Waals surface area contributed by atoms with Gasteiger partial charge in [0.15, 0.2) is 5.17 Å². The molecule has 1 amide bonds. The number of benzene rings is 2. The van der Waals surface area contributed by atoms with Crippen molar-refractivity contribution in [3.8, 4) is 0 Å². The van der Waals surface area contributed by atoms with E-state index in [1.807, 2.05) is 13.0 Å². The SMILES string of the molecule is Cc1c(Cl)cccc1N=C1NC(=O)/C(=C\c2cccc(F)c2)S1. The van der Waals surface area contributed by atoms with E-state index in [9.17, 15) is 9.18 Å². The molecule has 1 fully saturated rings. The number of amides is 1. The quantitative estimate of drug-likeness (QED) is 0.802. The normalized spacial score (nSPS) is 17.8. The Kier molecular flexibility index (Phi) is 4.50. The van der Waals surface area contributed by atoms with E-state index in [0.29, 0.717) is 26.3 Å². The first-order valence-electron chi connectivity index (χ1n) is 6.83. The van der Waals surface area contributed by atoms with Gasteiger partial charge in [-0.05, 0) is 60.2 Å². The molecule has 1 heterocycles. The molecule has 0 spiro atoms. The molecule has 1 saturated heterocycles. The third kappa shape index (κ3) is 3.63. The van der Waals surface area contributed by atoms with E-state index in [2.05, 4.69) is 10.3 Å². The van der Waals surface area contributed by atoms with Crippen LogP contribution in [0, 0.1) is 12.7 Å². The van der Waals surface area contributed by atoms with Gasteiger partial charge < -0.3 is 5.32 Å². The van der Waals surface area contributed by atoms with Crippen LogP contribution in [0.3, 0.4) is 0 Å². The highest BCUT2D eigenvalue weighted by atomic mass is 35.5. The molecule has 0 radical (unpaired) electrons. The highest BCUT2D eigenvalue weighted by Gasteiger charge is 2.24. The maximum atomic E-state index is 13.2. The van der Waals surface area contributed by atoms with Gasteiger partial charge in [-0.3, -0.25) is 4.79 Å². The number of hydrogen-bond acceptors (Lipinski definition) is 3. The van der Waals surface area contributed by atoms with E-state index in [4.69, 9.17) is 11.6 Å². The van der Waals surface area contributed by atoms with Crippen molar-refractivity contribution in [1.82, 2.24) is 5.32 Å². The lowest BCUT2D eigenvalue weighted by Gasteiger charge is -2.02. The first-order chi connectivity index (χ1) is 11.0. The van der Waals surface area contributed by atoms with Crippen LogP contribution < -0.4 is 5.32 Å². The minimum Gasteiger partial charge on any atom is -0.300 e. The topological polar surface area (TPSA) is 41.5 Å². The fourth-order valence-corrected chi connectivity index (χ4v) is 3.06. The summed E-state index contributed by atoms with van der Waals surface area (Å²) < 4.78 is 13.2. The second kappa shape index (κ2) is 6.56. The average Bonchev–Trinajstić information content (AvgIpc) is 2.84. The summed E-state index contributed by atoms with van der Waals surface area (Å²) in [6, 6.07) is 11.5. The van der Waals surface area contributed by atoms with E-state index in [1.54, 1.807) is 30.3 Å². The Hall–Kier alpha value is -2.11. The summed E-state index contributed by atoms with van der Waals surface area (Å²) in [5.74, 6) is -0.594. The maximum absolute atomic E-state index is 13.2. The summed E-state index contributed by atoms with van der Waals surface area (Å²) in [5, 5.41) is 3.80. The molecule has 3 nitrogen and oxygen atoms in total. The summed E-state index contributed by atoms with van der Waals surface area (Å²) in [7, 11) is 0. The average molecular weight is 347 g/mol. The number of carbonyl (C=O) groups is 1. The second-order valence-corrected chi connectivity index (χ2v) is 6.36. The van der Waals surface area contributed by atoms with Crippen LogP contribution in [0.4, 0.5) is 10.1 Å². The third-order valence-electron chi connectivity index (χ3n) is 3.26. The Labute approximate surface area is 142 Å². The van der Waals surface area contributed by atoms with Gasteiger partial charge in [0.05, 0.1) is 10.6 Å². The van der Waals surface area contributed by atoms with Crippen LogP contribution in [0.1, 0.15) is 11.1 Å². The second-order valence-electron chi connectivity index (χ2n) is 4.92. The van der Waals surface area contributed by atoms with Crippen molar-refractivity contribution in [3.63, 3.8) is 0 Å². The molecule has 0 unspecified atom stereocenters. The van der Waals surface area contributed by atoms with Crippen LogP contribution >= 0.6 is 23.4 Å². The minimum absolute atomic E-state index is 0.252. The highest BCUT2D eigenvalue weighted by molar-refractivity contribution is 8.18. The summed E-state index contributed by atoms with van der Waals surface area (Å²) in [6.07, 6.45) is 1.64. The van der Waals surface area contributed by atoms with E-state index < -0.39 is 0 Å². The number of rotatable bonds is 2. The zero-order valence-corrected chi connectivity index (χ0v) is 13.7. The largest absolute Gasteiger partial charge is 0.300 e. The van der Waals surface area contributed by atoms with Crippen molar-refractivity contribution >= 4 is 46.2 Å². The van der Waals surface area contributed by atoms with Crippen molar-refractivity contribution < 1.29 is 9.18 Å². The summed E-state index contributed by atoms with van der Waals surface area (Å²) >= 11 is 7.28. The number of halogens is 2. The fraction of sp³-hybridized carbons (Fsp3) is 0.0588. The van der Waals surface area contributed by atoms with Crippen molar-refractivity contribution in [3.05, 3.63) is 69.3 Å². The van der Waals surface area contributed by atoms with Gasteiger partial charge in [0.25, 0.3) is 5.91 Å². The van der Waals surface area contributed by atoms with Crippen molar-refractivity contribution in [2.75, 3.05) is 0 Å². The number of thioether (sulfide) groups is 1. The number of amidine groups is 1. The number of carbonyl (C=O) groups excluding carboxylic acids is 1. The van der Waals surface area contributed by atoms with Crippen molar-refractivity contribution in [1.29, 1.82) is 0 Å². The van der Waals surface area contributed by atoms with E-state index in [1.165, 1.54) is 23.9 Å². The molecule has 0 bridgehead atoms. The predicted octanol–water partition coefficient (Wildman–Crippen LogP) is 4.68. The van der Waals surface area contributed by atoms with Crippen LogP contribution in [0.15, 0.2) is 52.4 Å². The first kappa shape index (κ1) is 15.8. The van der Waals surface area contributed by atoms with Crippen LogP contribution in [0.2, 0.25) is 5.02 Å². The molecule has 23 heavy (non-hydrogen) atoms. The predicted molar refractivity (Wildman–Crippen MR) is 93.4 cm³/mol. The Morgan fingerprint density at radius 3 is 2.83 bits per heavy atom. The van der Waals surface area contributed by atoms with Gasteiger partial charge in [-0.1, -0.05) is 29.8 Å². The number of nitrogens with zero attached hydrogens (tertiary/aromatic N) is 1. The molecule has 116 valence electrons. The highest BCUT2D eigenvalue weighted by Crippen LogP contribution is 2.31. The Morgan fingerprint density at radius 2 is 2.04 bits per heavy atom. The zero-order valence-electron chi connectivity index (χ0n) is 12.1. The molecule has 3 rings (SSSR count). The molecule has 2 aromatic rings. The lowest BCUT2D eigenvalue weighted by atomic mass is 10.2. The van der Waals surface area contributed by atoms with Crippen LogP contribution in [-0.2, 0) is 4.79 Å². The van der Waals surface area contributed by atoms with Crippen molar-refractivity contribution in [2.24, 2.45) is 4.99 Å². The molecule has 0 saturated carbocycles. The third-order valence-corrected chi connectivity index (χ3v) is 4.58. The van der Waals surface area contributed by atoms with Gasteiger partial charge >= 0.3 is 0 Å². The Bertz CT molecular complexity index is 848. The number of hydrogen-bond donors (Lipinski definition) is 1. The first-order valence-corrected chi connectivity index (χ1v) is 8.02. The smallest absolute Gasteiger partial charge is 0.264 e. The summed E-state index contributed by atoms with van der Waals surface area (Å²) in [6.45, 7) is 1.87. The lowest BCUT2D eigenvalue weighted by molar-refractivity contribution is -0.115. The van der Waals surface area contributed by atoms with Gasteiger partial charge in [-0.2, -0.15) is 0 Å². The van der Waals surface area contributed by atoms with Gasteiger partial charge in [0.2, 0.25) is 0 Å². The monoisotopic (exact) mass is 346 g/mol. The minimum atomic E-state index is -0.341. The molecule has 1 aliphatic heterocycles. The molecule has 0 aromatic heterocycles. The van der Waals surface area contributed by atoms with Gasteiger partial charge in [0.1, 0.15) is 5.82 Å².